The van der Waals surface area contributed by atoms with Crippen molar-refractivity contribution < 1.29 is 24.1 Å². The summed E-state index contributed by atoms with van der Waals surface area (Å²) in [5.41, 5.74) is 3.06. The Morgan fingerprint density at radius 2 is 1.24 bits per heavy atom. The molecule has 0 fully saturated rings. The first kappa shape index (κ1) is 23.7. The molecule has 1 amide bonds. The summed E-state index contributed by atoms with van der Waals surface area (Å²) in [7, 11) is 0. The molecule has 176 valence electrons. The van der Waals surface area contributed by atoms with Crippen molar-refractivity contribution in [2.45, 2.75) is 38.1 Å². The number of hydrogen-bond donors (Lipinski definition) is 1. The van der Waals surface area contributed by atoms with E-state index >= 15 is 0 Å². The van der Waals surface area contributed by atoms with Gasteiger partial charge in [0.25, 0.3) is 0 Å². The van der Waals surface area contributed by atoms with Crippen LogP contribution < -0.4 is 0 Å². The SMILES string of the molecule is O=C(O)N1C=CC(OCc2ccccc2)[C@H](OCc2ccccc2)[C@H]1COCc1ccccc1. The lowest BCUT2D eigenvalue weighted by atomic mass is 10.0. The molecule has 0 spiro atoms. The van der Waals surface area contributed by atoms with E-state index in [9.17, 15) is 9.90 Å². The molecule has 0 saturated heterocycles. The third-order valence-corrected chi connectivity index (χ3v) is 5.69. The van der Waals surface area contributed by atoms with Crippen molar-refractivity contribution in [3.63, 3.8) is 0 Å². The second kappa shape index (κ2) is 12.1. The number of amides is 1. The molecule has 1 unspecified atom stereocenters. The van der Waals surface area contributed by atoms with E-state index in [0.717, 1.165) is 16.7 Å². The smallest absolute Gasteiger partial charge is 0.411 e. The van der Waals surface area contributed by atoms with Gasteiger partial charge in [-0.1, -0.05) is 91.0 Å². The summed E-state index contributed by atoms with van der Waals surface area (Å²) < 4.78 is 18.5. The predicted molar refractivity (Wildman–Crippen MR) is 129 cm³/mol. The highest BCUT2D eigenvalue weighted by Crippen LogP contribution is 2.25. The first-order valence-electron chi connectivity index (χ1n) is 11.3. The Kier molecular flexibility index (Phi) is 8.46. The number of carbonyl (C=O) groups is 1. The van der Waals surface area contributed by atoms with Crippen molar-refractivity contribution in [3.8, 4) is 0 Å². The van der Waals surface area contributed by atoms with Gasteiger partial charge in [0, 0.05) is 6.20 Å². The van der Waals surface area contributed by atoms with E-state index in [2.05, 4.69) is 0 Å². The van der Waals surface area contributed by atoms with Crippen LogP contribution in [-0.4, -0.2) is 41.0 Å². The predicted octanol–water partition coefficient (Wildman–Crippen LogP) is 5.25. The van der Waals surface area contributed by atoms with Crippen molar-refractivity contribution in [1.82, 2.24) is 4.90 Å². The summed E-state index contributed by atoms with van der Waals surface area (Å²) >= 11 is 0. The Bertz CT molecular complexity index is 1040. The zero-order valence-electron chi connectivity index (χ0n) is 18.9. The molecule has 1 aliphatic rings. The summed E-state index contributed by atoms with van der Waals surface area (Å²) in [5, 5.41) is 9.84. The molecule has 34 heavy (non-hydrogen) atoms. The van der Waals surface area contributed by atoms with Gasteiger partial charge in [-0.25, -0.2) is 4.79 Å². The van der Waals surface area contributed by atoms with Crippen LogP contribution in [-0.2, 0) is 34.0 Å². The molecule has 1 N–H and O–H groups in total. The molecule has 0 radical (unpaired) electrons. The molecule has 0 aromatic heterocycles. The van der Waals surface area contributed by atoms with Crippen LogP contribution in [0.1, 0.15) is 16.7 Å². The van der Waals surface area contributed by atoms with E-state index in [1.807, 2.05) is 91.0 Å². The Balaban J connectivity index is 1.50. The van der Waals surface area contributed by atoms with Crippen LogP contribution >= 0.6 is 0 Å². The molecule has 3 atom stereocenters. The fourth-order valence-electron chi connectivity index (χ4n) is 3.92. The zero-order valence-corrected chi connectivity index (χ0v) is 18.9. The highest BCUT2D eigenvalue weighted by atomic mass is 16.5. The maximum absolute atomic E-state index is 12.0. The Morgan fingerprint density at radius 3 is 1.76 bits per heavy atom. The van der Waals surface area contributed by atoms with E-state index in [4.69, 9.17) is 14.2 Å². The Hall–Kier alpha value is -3.45. The summed E-state index contributed by atoms with van der Waals surface area (Å²) in [6, 6.07) is 28.9. The monoisotopic (exact) mass is 459 g/mol. The van der Waals surface area contributed by atoms with E-state index in [-0.39, 0.29) is 6.61 Å². The standard InChI is InChI=1S/C28H29NO5/c30-28(31)29-17-16-26(33-19-23-12-6-2-7-13-23)27(34-20-24-14-8-3-9-15-24)25(29)21-32-18-22-10-4-1-5-11-22/h1-17,25-27H,18-21H2,(H,30,31)/t25-,26?,27-/m1/s1. The van der Waals surface area contributed by atoms with Gasteiger partial charge in [0.2, 0.25) is 0 Å². The molecular weight excluding hydrogens is 430 g/mol. The first-order valence-corrected chi connectivity index (χ1v) is 11.3. The van der Waals surface area contributed by atoms with Crippen molar-refractivity contribution in [2.24, 2.45) is 0 Å². The maximum Gasteiger partial charge on any atom is 0.411 e. The maximum atomic E-state index is 12.0. The van der Waals surface area contributed by atoms with Gasteiger partial charge in [0.1, 0.15) is 12.2 Å². The van der Waals surface area contributed by atoms with Gasteiger partial charge < -0.3 is 19.3 Å². The van der Waals surface area contributed by atoms with Gasteiger partial charge in [0.05, 0.1) is 32.5 Å². The fraction of sp³-hybridized carbons (Fsp3) is 0.250. The molecule has 0 saturated carbocycles. The second-order valence-corrected chi connectivity index (χ2v) is 8.12. The van der Waals surface area contributed by atoms with Crippen LogP contribution in [0.3, 0.4) is 0 Å². The molecule has 1 heterocycles. The van der Waals surface area contributed by atoms with Crippen LogP contribution in [0.25, 0.3) is 0 Å². The van der Waals surface area contributed by atoms with Gasteiger partial charge in [-0.2, -0.15) is 0 Å². The summed E-state index contributed by atoms with van der Waals surface area (Å²) in [6.07, 6.45) is 1.28. The number of nitrogens with zero attached hydrogens (tertiary/aromatic N) is 1. The topological polar surface area (TPSA) is 68.2 Å². The molecule has 0 bridgehead atoms. The van der Waals surface area contributed by atoms with E-state index < -0.39 is 24.3 Å². The van der Waals surface area contributed by atoms with Crippen molar-refractivity contribution >= 4 is 6.09 Å². The van der Waals surface area contributed by atoms with Gasteiger partial charge >= 0.3 is 6.09 Å². The Labute approximate surface area is 200 Å². The van der Waals surface area contributed by atoms with Crippen molar-refractivity contribution in [3.05, 3.63) is 120 Å². The molecule has 0 aliphatic carbocycles. The molecular formula is C28H29NO5. The first-order chi connectivity index (χ1) is 16.7. The number of rotatable bonds is 10. The van der Waals surface area contributed by atoms with Crippen LogP contribution in [0.4, 0.5) is 4.79 Å². The van der Waals surface area contributed by atoms with Crippen LogP contribution in [0.2, 0.25) is 0 Å². The van der Waals surface area contributed by atoms with Crippen molar-refractivity contribution in [1.29, 1.82) is 0 Å². The van der Waals surface area contributed by atoms with E-state index in [0.29, 0.717) is 19.8 Å². The number of benzene rings is 3. The lowest BCUT2D eigenvalue weighted by molar-refractivity contribution is -0.114. The van der Waals surface area contributed by atoms with Crippen LogP contribution in [0.5, 0.6) is 0 Å². The normalized spacial score (nSPS) is 19.8. The average molecular weight is 460 g/mol. The zero-order chi connectivity index (χ0) is 23.6. The Morgan fingerprint density at radius 1 is 0.735 bits per heavy atom. The molecule has 6 nitrogen and oxygen atoms in total. The number of hydrogen-bond acceptors (Lipinski definition) is 4. The minimum atomic E-state index is -1.06. The third kappa shape index (κ3) is 6.54. The molecule has 3 aromatic rings. The molecule has 3 aromatic carbocycles. The number of carboxylic acid groups (broad SMARTS) is 1. The lowest BCUT2D eigenvalue weighted by Crippen LogP contribution is -2.55. The van der Waals surface area contributed by atoms with Gasteiger partial charge in [-0.15, -0.1) is 0 Å². The molecule has 1 aliphatic heterocycles. The van der Waals surface area contributed by atoms with E-state index in [1.165, 1.54) is 4.90 Å². The largest absolute Gasteiger partial charge is 0.465 e. The van der Waals surface area contributed by atoms with Crippen LogP contribution in [0.15, 0.2) is 103 Å². The highest BCUT2D eigenvalue weighted by molar-refractivity contribution is 5.67. The third-order valence-electron chi connectivity index (χ3n) is 5.69. The van der Waals surface area contributed by atoms with Crippen molar-refractivity contribution in [2.75, 3.05) is 6.61 Å². The fourth-order valence-corrected chi connectivity index (χ4v) is 3.92. The average Bonchev–Trinajstić information content (AvgIpc) is 2.88. The van der Waals surface area contributed by atoms with Gasteiger partial charge in [0.15, 0.2) is 0 Å². The van der Waals surface area contributed by atoms with Gasteiger partial charge in [-0.3, -0.25) is 4.90 Å². The number of ether oxygens (including phenoxy) is 3. The summed E-state index contributed by atoms with van der Waals surface area (Å²) in [4.78, 5) is 13.3. The summed E-state index contributed by atoms with van der Waals surface area (Å²) in [5.74, 6) is 0. The minimum Gasteiger partial charge on any atom is -0.465 e. The van der Waals surface area contributed by atoms with Gasteiger partial charge in [-0.05, 0) is 22.8 Å². The van der Waals surface area contributed by atoms with E-state index in [1.54, 1.807) is 12.3 Å². The lowest BCUT2D eigenvalue weighted by Gasteiger charge is -2.39. The molecule has 6 heteroatoms. The quantitative estimate of drug-likeness (QED) is 0.449. The summed E-state index contributed by atoms with van der Waals surface area (Å²) in [6.45, 7) is 1.30. The van der Waals surface area contributed by atoms with Crippen LogP contribution in [0, 0.1) is 0 Å². The molecule has 4 rings (SSSR count). The minimum absolute atomic E-state index is 0.177. The second-order valence-electron chi connectivity index (χ2n) is 8.12. The highest BCUT2D eigenvalue weighted by Gasteiger charge is 2.39.